The van der Waals surface area contributed by atoms with Crippen molar-refractivity contribution in [1.82, 2.24) is 19.8 Å². The van der Waals surface area contributed by atoms with E-state index in [9.17, 15) is 4.79 Å². The van der Waals surface area contributed by atoms with Crippen LogP contribution < -0.4 is 4.74 Å². The van der Waals surface area contributed by atoms with E-state index in [1.807, 2.05) is 23.1 Å². The molecule has 2 fully saturated rings. The van der Waals surface area contributed by atoms with Gasteiger partial charge in [0.2, 0.25) is 0 Å². The van der Waals surface area contributed by atoms with Crippen LogP contribution in [-0.2, 0) is 12.0 Å². The molecule has 0 spiro atoms. The second-order valence-electron chi connectivity index (χ2n) is 14.5. The molecule has 6 heteroatoms. The quantitative estimate of drug-likeness (QED) is 0.157. The molecule has 8 rings (SSSR count). The van der Waals surface area contributed by atoms with Gasteiger partial charge in [-0.2, -0.15) is 0 Å². The smallest absolute Gasteiger partial charge is 0.254 e. The van der Waals surface area contributed by atoms with Crippen molar-refractivity contribution in [2.24, 2.45) is 11.8 Å². The van der Waals surface area contributed by atoms with Crippen LogP contribution in [0.3, 0.4) is 0 Å². The summed E-state index contributed by atoms with van der Waals surface area (Å²) < 4.78 is 6.96. The van der Waals surface area contributed by atoms with Gasteiger partial charge in [0.1, 0.15) is 11.4 Å². The van der Waals surface area contributed by atoms with Crippen LogP contribution in [0.5, 0.6) is 5.75 Å². The van der Waals surface area contributed by atoms with Crippen LogP contribution in [-0.4, -0.2) is 57.5 Å². The number of nitrogens with zero attached hydrogens (tertiary/aromatic N) is 4. The van der Waals surface area contributed by atoms with Gasteiger partial charge in [-0.25, -0.2) is 9.97 Å². The zero-order chi connectivity index (χ0) is 30.9. The zero-order valence-electron chi connectivity index (χ0n) is 26.8. The number of carbonyl (C=O) groups is 1. The third-order valence-electron chi connectivity index (χ3n) is 11.0. The highest BCUT2D eigenvalue weighted by atomic mass is 16.5. The lowest BCUT2D eigenvalue weighted by Crippen LogP contribution is -2.55. The number of rotatable bonds is 3. The van der Waals surface area contributed by atoms with Gasteiger partial charge in [0.25, 0.3) is 5.91 Å². The summed E-state index contributed by atoms with van der Waals surface area (Å²) in [5.41, 5.74) is 6.28. The Hall–Kier alpha value is -4.03. The zero-order valence-corrected chi connectivity index (χ0v) is 26.8. The van der Waals surface area contributed by atoms with E-state index < -0.39 is 0 Å². The van der Waals surface area contributed by atoms with Gasteiger partial charge in [0, 0.05) is 66.0 Å². The molecule has 0 bridgehead atoms. The normalized spacial score (nSPS) is 24.8. The molecule has 2 aliphatic heterocycles. The SMILES string of the molecule is C[C@H]1CC[C@@H]2C(C)(C)Oc3c(c4nc5ccc(C(=O)N6CCN(Cc7ccccc7)CC6)cc5nc4c4ccccc34)[C@@]2(C)C1. The number of ether oxygens (including phenoxy) is 1. The van der Waals surface area contributed by atoms with E-state index in [0.29, 0.717) is 17.4 Å². The lowest BCUT2D eigenvalue weighted by Gasteiger charge is -2.55. The number of hydrogen-bond donors (Lipinski definition) is 0. The maximum atomic E-state index is 13.7. The van der Waals surface area contributed by atoms with E-state index in [2.05, 4.69) is 87.2 Å². The monoisotopic (exact) mass is 598 g/mol. The number of benzene rings is 4. The molecule has 0 unspecified atom stereocenters. The van der Waals surface area contributed by atoms with Crippen molar-refractivity contribution in [3.63, 3.8) is 0 Å². The maximum absolute atomic E-state index is 13.7. The summed E-state index contributed by atoms with van der Waals surface area (Å²) in [6.45, 7) is 13.5. The molecule has 1 saturated carbocycles. The molecule has 0 radical (unpaired) electrons. The van der Waals surface area contributed by atoms with Crippen LogP contribution in [0.1, 0.15) is 68.4 Å². The van der Waals surface area contributed by atoms with E-state index in [-0.39, 0.29) is 16.9 Å². The summed E-state index contributed by atoms with van der Waals surface area (Å²) in [4.78, 5) is 28.7. The number of carbonyl (C=O) groups excluding carboxylic acids is 1. The minimum atomic E-state index is -0.273. The molecule has 5 aromatic rings. The Labute approximate surface area is 265 Å². The van der Waals surface area contributed by atoms with Gasteiger partial charge in [0.05, 0.1) is 22.1 Å². The van der Waals surface area contributed by atoms with Crippen molar-refractivity contribution in [2.75, 3.05) is 26.2 Å². The number of aromatic nitrogens is 2. The van der Waals surface area contributed by atoms with Crippen LogP contribution in [0.15, 0.2) is 72.8 Å². The Morgan fingerprint density at radius 3 is 2.33 bits per heavy atom. The molecule has 3 heterocycles. The molecule has 3 atom stereocenters. The lowest BCUT2D eigenvalue weighted by atomic mass is 9.55. The highest BCUT2D eigenvalue weighted by Crippen LogP contribution is 2.59. The highest BCUT2D eigenvalue weighted by molar-refractivity contribution is 6.11. The average Bonchev–Trinajstić information content (AvgIpc) is 3.03. The first-order valence-corrected chi connectivity index (χ1v) is 16.6. The van der Waals surface area contributed by atoms with E-state index in [1.54, 1.807) is 0 Å². The molecule has 1 amide bonds. The summed E-state index contributed by atoms with van der Waals surface area (Å²) in [6.07, 6.45) is 3.48. The Morgan fingerprint density at radius 1 is 0.844 bits per heavy atom. The third-order valence-corrected chi connectivity index (χ3v) is 11.0. The number of amides is 1. The van der Waals surface area contributed by atoms with Gasteiger partial charge >= 0.3 is 0 Å². The summed E-state index contributed by atoms with van der Waals surface area (Å²) in [5, 5.41) is 2.15. The van der Waals surface area contributed by atoms with Crippen molar-refractivity contribution < 1.29 is 9.53 Å². The van der Waals surface area contributed by atoms with Crippen molar-refractivity contribution in [3.05, 3.63) is 89.5 Å². The van der Waals surface area contributed by atoms with Gasteiger partial charge in [-0.15, -0.1) is 0 Å². The predicted molar refractivity (Wildman–Crippen MR) is 181 cm³/mol. The highest BCUT2D eigenvalue weighted by Gasteiger charge is 2.54. The Kier molecular flexibility index (Phi) is 6.65. The summed E-state index contributed by atoms with van der Waals surface area (Å²) in [6, 6.07) is 24.9. The molecular formula is C39H42N4O2. The van der Waals surface area contributed by atoms with Gasteiger partial charge < -0.3 is 9.64 Å². The van der Waals surface area contributed by atoms with Crippen LogP contribution in [0.2, 0.25) is 0 Å². The second-order valence-corrected chi connectivity index (χ2v) is 14.5. The van der Waals surface area contributed by atoms with Crippen molar-refractivity contribution in [1.29, 1.82) is 0 Å². The lowest BCUT2D eigenvalue weighted by molar-refractivity contribution is -0.0458. The summed E-state index contributed by atoms with van der Waals surface area (Å²) >= 11 is 0. The topological polar surface area (TPSA) is 58.6 Å². The average molecular weight is 599 g/mol. The molecule has 230 valence electrons. The van der Waals surface area contributed by atoms with Crippen LogP contribution >= 0.6 is 0 Å². The molecular weight excluding hydrogens is 556 g/mol. The minimum Gasteiger partial charge on any atom is -0.486 e. The van der Waals surface area contributed by atoms with Crippen LogP contribution in [0, 0.1) is 11.8 Å². The molecule has 1 saturated heterocycles. The molecule has 1 aromatic heterocycles. The summed E-state index contributed by atoms with van der Waals surface area (Å²) in [7, 11) is 0. The van der Waals surface area contributed by atoms with E-state index in [4.69, 9.17) is 14.7 Å². The number of piperazine rings is 1. The van der Waals surface area contributed by atoms with Gasteiger partial charge in [-0.3, -0.25) is 9.69 Å². The van der Waals surface area contributed by atoms with E-state index in [0.717, 1.165) is 84.2 Å². The number of fused-ring (bicyclic) bond motifs is 9. The fraction of sp³-hybridized carbons (Fsp3) is 0.410. The third kappa shape index (κ3) is 4.68. The Balaban J connectivity index is 1.18. The van der Waals surface area contributed by atoms with Gasteiger partial charge in [-0.1, -0.05) is 74.9 Å². The van der Waals surface area contributed by atoms with E-state index >= 15 is 0 Å². The minimum absolute atomic E-state index is 0.0654. The molecule has 4 aromatic carbocycles. The standard InChI is InChI=1S/C39H42N4O2/c1-25-14-17-32-38(2,3)45-36-29-13-9-8-12-28(29)34-35(33(36)39(32,4)23-25)40-30-16-15-27(22-31(30)41-34)37(44)43-20-18-42(19-21-43)24-26-10-6-5-7-11-26/h5-13,15-16,22,25,32H,14,17-21,23-24H2,1-4H3/t25-,32+,39-/m0/s1. The van der Waals surface area contributed by atoms with Crippen molar-refractivity contribution >= 4 is 38.7 Å². The molecule has 3 aliphatic rings. The predicted octanol–water partition coefficient (Wildman–Crippen LogP) is 7.76. The summed E-state index contributed by atoms with van der Waals surface area (Å²) in [5.74, 6) is 2.07. The van der Waals surface area contributed by atoms with Crippen molar-refractivity contribution in [3.8, 4) is 5.75 Å². The van der Waals surface area contributed by atoms with Crippen LogP contribution in [0.25, 0.3) is 32.8 Å². The molecule has 45 heavy (non-hydrogen) atoms. The van der Waals surface area contributed by atoms with Gasteiger partial charge in [0.15, 0.2) is 0 Å². The first kappa shape index (κ1) is 28.4. The van der Waals surface area contributed by atoms with Crippen LogP contribution in [0.4, 0.5) is 0 Å². The largest absolute Gasteiger partial charge is 0.486 e. The molecule has 6 nitrogen and oxygen atoms in total. The Morgan fingerprint density at radius 2 is 1.56 bits per heavy atom. The first-order valence-electron chi connectivity index (χ1n) is 16.6. The number of hydrogen-bond acceptors (Lipinski definition) is 5. The molecule has 0 N–H and O–H groups in total. The van der Waals surface area contributed by atoms with Gasteiger partial charge in [-0.05, 0) is 56.4 Å². The fourth-order valence-electron chi connectivity index (χ4n) is 8.91. The fourth-order valence-corrected chi connectivity index (χ4v) is 8.91. The van der Waals surface area contributed by atoms with Crippen molar-refractivity contribution in [2.45, 2.75) is 64.5 Å². The maximum Gasteiger partial charge on any atom is 0.254 e. The second kappa shape index (κ2) is 10.5. The van der Waals surface area contributed by atoms with E-state index in [1.165, 1.54) is 17.5 Å². The Bertz CT molecular complexity index is 1950. The molecule has 1 aliphatic carbocycles. The first-order chi connectivity index (χ1) is 21.7.